The molecule has 38 heavy (non-hydrogen) atoms. The minimum Gasteiger partial charge on any atom is -0.346 e. The molecule has 0 aliphatic rings. The van der Waals surface area contributed by atoms with Gasteiger partial charge >= 0.3 is 6.18 Å². The van der Waals surface area contributed by atoms with Crippen molar-refractivity contribution in [3.63, 3.8) is 0 Å². The van der Waals surface area contributed by atoms with Gasteiger partial charge in [0.25, 0.3) is 11.5 Å². The lowest BCUT2D eigenvalue weighted by Gasteiger charge is -2.28. The van der Waals surface area contributed by atoms with Gasteiger partial charge in [-0.2, -0.15) is 13.2 Å². The standard InChI is InChI=1S/C30H44F3N3O2/c1-11-20-14-22(30(31,32)33)26(38)36(17-20)18-29(9,10)13-12-19(2)21-15-23(25(37)35-28(6,7)8)34-24(16-21)27(3,4)5/h14-17,19H,11-13,18H2,1-10H3,(H,35,37). The average Bonchev–Trinajstić information content (AvgIpc) is 2.75. The Morgan fingerprint density at radius 3 is 2.13 bits per heavy atom. The molecule has 0 bridgehead atoms. The number of amides is 1. The molecule has 2 heterocycles. The summed E-state index contributed by atoms with van der Waals surface area (Å²) >= 11 is 0. The van der Waals surface area contributed by atoms with Crippen LogP contribution in [-0.4, -0.2) is 21.0 Å². The second kappa shape index (κ2) is 11.2. The van der Waals surface area contributed by atoms with Gasteiger partial charge in [0.2, 0.25) is 0 Å². The van der Waals surface area contributed by atoms with Crippen LogP contribution < -0.4 is 10.9 Å². The molecule has 0 aromatic carbocycles. The molecule has 212 valence electrons. The van der Waals surface area contributed by atoms with E-state index in [9.17, 15) is 22.8 Å². The Bertz CT molecular complexity index is 1200. The first-order valence-corrected chi connectivity index (χ1v) is 13.3. The first-order chi connectivity index (χ1) is 17.1. The van der Waals surface area contributed by atoms with E-state index in [-0.39, 0.29) is 23.8 Å². The predicted octanol–water partition coefficient (Wildman–Crippen LogP) is 7.26. The molecule has 1 atom stereocenters. The fourth-order valence-corrected chi connectivity index (χ4v) is 4.27. The van der Waals surface area contributed by atoms with E-state index in [0.717, 1.165) is 23.7 Å². The van der Waals surface area contributed by atoms with Crippen molar-refractivity contribution in [3.05, 3.63) is 62.8 Å². The number of pyridine rings is 2. The molecule has 0 fully saturated rings. The van der Waals surface area contributed by atoms with E-state index in [1.807, 2.05) is 46.8 Å². The predicted molar refractivity (Wildman–Crippen MR) is 147 cm³/mol. The third-order valence-electron chi connectivity index (χ3n) is 6.62. The molecule has 1 amide bonds. The molecule has 2 aromatic rings. The molecule has 8 heteroatoms. The topological polar surface area (TPSA) is 64.0 Å². The minimum atomic E-state index is -4.69. The summed E-state index contributed by atoms with van der Waals surface area (Å²) < 4.78 is 41.6. The van der Waals surface area contributed by atoms with Crippen LogP contribution in [0, 0.1) is 5.41 Å². The Hall–Kier alpha value is -2.64. The normalized spacial score (nSPS) is 13.9. The minimum absolute atomic E-state index is 0.0731. The third-order valence-corrected chi connectivity index (χ3v) is 6.62. The molecule has 1 N–H and O–H groups in total. The Balaban J connectivity index is 2.31. The number of alkyl halides is 3. The second-order valence-corrected chi connectivity index (χ2v) is 13.3. The molecule has 0 radical (unpaired) electrons. The zero-order valence-electron chi connectivity index (χ0n) is 24.6. The van der Waals surface area contributed by atoms with Crippen LogP contribution >= 0.6 is 0 Å². The fourth-order valence-electron chi connectivity index (χ4n) is 4.27. The molecule has 1 unspecified atom stereocenters. The molecule has 5 nitrogen and oxygen atoms in total. The highest BCUT2D eigenvalue weighted by Crippen LogP contribution is 2.33. The zero-order valence-corrected chi connectivity index (χ0v) is 24.6. The Labute approximate surface area is 225 Å². The van der Waals surface area contributed by atoms with E-state index in [0.29, 0.717) is 24.1 Å². The van der Waals surface area contributed by atoms with Crippen molar-refractivity contribution in [2.75, 3.05) is 0 Å². The number of carbonyl (C=O) groups excluding carboxylic acids is 1. The highest BCUT2D eigenvalue weighted by Gasteiger charge is 2.35. The molecule has 2 aromatic heterocycles. The summed E-state index contributed by atoms with van der Waals surface area (Å²) in [7, 11) is 0. The number of nitrogens with one attached hydrogen (secondary N) is 1. The van der Waals surface area contributed by atoms with Crippen molar-refractivity contribution < 1.29 is 18.0 Å². The third kappa shape index (κ3) is 8.70. The van der Waals surface area contributed by atoms with Gasteiger partial charge in [0.05, 0.1) is 0 Å². The zero-order chi connectivity index (χ0) is 29.3. The number of rotatable bonds is 8. The molecular formula is C30H44F3N3O2. The molecule has 0 spiro atoms. The maximum atomic E-state index is 13.5. The van der Waals surface area contributed by atoms with Gasteiger partial charge < -0.3 is 9.88 Å². The van der Waals surface area contributed by atoms with Crippen LogP contribution in [0.3, 0.4) is 0 Å². The number of carbonyl (C=O) groups is 1. The lowest BCUT2D eigenvalue weighted by molar-refractivity contribution is -0.139. The van der Waals surface area contributed by atoms with Gasteiger partial charge in [-0.05, 0) is 80.7 Å². The molecular weight excluding hydrogens is 491 g/mol. The summed E-state index contributed by atoms with van der Waals surface area (Å²) in [5.41, 5.74) is -0.543. The number of aromatic nitrogens is 2. The SMILES string of the molecule is CCc1cc(C(F)(F)F)c(=O)n(CC(C)(C)CCC(C)c2cc(C(=O)NC(C)(C)C)nc(C(C)(C)C)c2)c1. The molecule has 0 saturated heterocycles. The molecule has 2 rings (SSSR count). The average molecular weight is 536 g/mol. The largest absolute Gasteiger partial charge is 0.421 e. The van der Waals surface area contributed by atoms with Gasteiger partial charge in [0.15, 0.2) is 0 Å². The maximum absolute atomic E-state index is 13.5. The fraction of sp³-hybridized carbons (Fsp3) is 0.633. The summed E-state index contributed by atoms with van der Waals surface area (Å²) in [6.07, 6.45) is -1.33. The van der Waals surface area contributed by atoms with Crippen LogP contribution in [0.5, 0.6) is 0 Å². The van der Waals surface area contributed by atoms with E-state index < -0.39 is 28.3 Å². The molecule has 0 aliphatic carbocycles. The lowest BCUT2D eigenvalue weighted by Crippen LogP contribution is -2.41. The van der Waals surface area contributed by atoms with Gasteiger partial charge in [0.1, 0.15) is 11.3 Å². The van der Waals surface area contributed by atoms with Gasteiger partial charge in [-0.1, -0.05) is 48.5 Å². The van der Waals surface area contributed by atoms with Gasteiger partial charge in [-0.3, -0.25) is 9.59 Å². The van der Waals surface area contributed by atoms with Crippen LogP contribution in [0.4, 0.5) is 13.2 Å². The van der Waals surface area contributed by atoms with Crippen LogP contribution in [0.15, 0.2) is 29.2 Å². The Kier molecular flexibility index (Phi) is 9.33. The maximum Gasteiger partial charge on any atom is 0.421 e. The van der Waals surface area contributed by atoms with Crippen LogP contribution in [0.1, 0.15) is 121 Å². The van der Waals surface area contributed by atoms with Gasteiger partial charge in [-0.15, -0.1) is 0 Å². The summed E-state index contributed by atoms with van der Waals surface area (Å²) in [5, 5.41) is 2.98. The number of aryl methyl sites for hydroxylation is 1. The van der Waals surface area contributed by atoms with Crippen molar-refractivity contribution in [2.45, 2.75) is 118 Å². The first-order valence-electron chi connectivity index (χ1n) is 13.3. The second-order valence-electron chi connectivity index (χ2n) is 13.3. The van der Waals surface area contributed by atoms with Crippen LogP contribution in [0.2, 0.25) is 0 Å². The van der Waals surface area contributed by atoms with Crippen LogP contribution in [0.25, 0.3) is 0 Å². The smallest absolute Gasteiger partial charge is 0.346 e. The summed E-state index contributed by atoms with van der Waals surface area (Å²) in [5.74, 6) is -0.156. The highest BCUT2D eigenvalue weighted by molar-refractivity contribution is 5.93. The summed E-state index contributed by atoms with van der Waals surface area (Å²) in [4.78, 5) is 30.2. The van der Waals surface area contributed by atoms with Crippen molar-refractivity contribution in [1.29, 1.82) is 0 Å². The number of hydrogen-bond acceptors (Lipinski definition) is 3. The summed E-state index contributed by atoms with van der Waals surface area (Å²) in [6.45, 7) is 19.9. The number of hydrogen-bond donors (Lipinski definition) is 1. The van der Waals surface area contributed by atoms with Crippen molar-refractivity contribution >= 4 is 5.91 Å². The first kappa shape index (κ1) is 31.6. The number of nitrogens with zero attached hydrogens (tertiary/aromatic N) is 2. The highest BCUT2D eigenvalue weighted by atomic mass is 19.4. The van der Waals surface area contributed by atoms with E-state index >= 15 is 0 Å². The van der Waals surface area contributed by atoms with E-state index in [2.05, 4.69) is 38.0 Å². The van der Waals surface area contributed by atoms with Gasteiger partial charge in [0, 0.05) is 29.4 Å². The van der Waals surface area contributed by atoms with Crippen molar-refractivity contribution in [1.82, 2.24) is 14.9 Å². The Morgan fingerprint density at radius 2 is 1.63 bits per heavy atom. The molecule has 0 aliphatic heterocycles. The van der Waals surface area contributed by atoms with E-state index in [1.54, 1.807) is 13.1 Å². The monoisotopic (exact) mass is 535 g/mol. The quantitative estimate of drug-likeness (QED) is 0.387. The summed E-state index contributed by atoms with van der Waals surface area (Å²) in [6, 6.07) is 4.83. The van der Waals surface area contributed by atoms with Crippen molar-refractivity contribution in [2.24, 2.45) is 5.41 Å². The van der Waals surface area contributed by atoms with E-state index in [4.69, 9.17) is 0 Å². The van der Waals surface area contributed by atoms with Crippen LogP contribution in [-0.2, 0) is 24.6 Å². The van der Waals surface area contributed by atoms with Crippen molar-refractivity contribution in [3.8, 4) is 0 Å². The Morgan fingerprint density at radius 1 is 1.03 bits per heavy atom. The number of halogens is 3. The molecule has 0 saturated carbocycles. The lowest BCUT2D eigenvalue weighted by atomic mass is 9.82. The van der Waals surface area contributed by atoms with E-state index in [1.165, 1.54) is 4.57 Å². The van der Waals surface area contributed by atoms with Gasteiger partial charge in [-0.25, -0.2) is 4.98 Å².